The zero-order chi connectivity index (χ0) is 57.1. The molecule has 0 aliphatic rings. The fourth-order valence-electron chi connectivity index (χ4n) is 12.3. The minimum absolute atomic E-state index is 0. The van der Waals surface area contributed by atoms with Crippen LogP contribution in [0.3, 0.4) is 0 Å². The van der Waals surface area contributed by atoms with Crippen molar-refractivity contribution in [3.63, 3.8) is 0 Å². The molecule has 0 N–H and O–H groups in total. The maximum Gasteiger partial charge on any atom is 0.268 e. The number of para-hydroxylation sites is 3. The second-order valence-corrected chi connectivity index (χ2v) is 32.6. The molecule has 0 spiro atoms. The van der Waals surface area contributed by atoms with Crippen molar-refractivity contribution in [2.24, 2.45) is 0 Å². The Morgan fingerprint density at radius 1 is 0.476 bits per heavy atom. The van der Waals surface area contributed by atoms with E-state index in [1.807, 2.05) is 24.4 Å². The third kappa shape index (κ3) is 10.0. The van der Waals surface area contributed by atoms with Gasteiger partial charge in [-0.3, -0.25) is 4.57 Å². The normalized spacial score (nSPS) is 12.2. The predicted molar refractivity (Wildman–Crippen MR) is 350 cm³/mol. The Hall–Kier alpha value is -8.46. The van der Waals surface area contributed by atoms with Crippen molar-refractivity contribution in [2.75, 3.05) is 0 Å². The van der Waals surface area contributed by atoms with Crippen LogP contribution in [0.5, 0.6) is 11.5 Å². The zero-order valence-electron chi connectivity index (χ0n) is 48.8. The number of aromatic nitrogens is 4. The van der Waals surface area contributed by atoms with E-state index in [1.165, 1.54) is 42.2 Å². The van der Waals surface area contributed by atoms with Crippen molar-refractivity contribution in [1.29, 1.82) is 0 Å². The van der Waals surface area contributed by atoms with Crippen molar-refractivity contribution in [1.82, 2.24) is 14.1 Å². The molecule has 0 amide bonds. The predicted octanol–water partition coefficient (Wildman–Crippen LogP) is 14.1. The fraction of sp³-hybridized carbons (Fsp3) is 0.132. The van der Waals surface area contributed by atoms with Gasteiger partial charge in [-0.2, -0.15) is 18.2 Å². The molecule has 0 bridgehead atoms. The topological polar surface area (TPSA) is 35.9 Å². The van der Waals surface area contributed by atoms with Gasteiger partial charge in [-0.15, -0.1) is 29.7 Å². The SMILES string of the molecule is CC(C)(C)c1ccnc(-n2c3[c-]c(Oc4[c-]c(-n5[c-][n+](-c6c(-c7cccc([Si](c8ccccc8)(c8ccccc8)c8ccccc8)c7)cc(C(C)(C)C)cc6[Si](C)(C)c6ccccc6)c6ccccc65)ccc4)ccc3c3ccccc32)c1.[Pt]. The van der Waals surface area contributed by atoms with E-state index in [-0.39, 0.29) is 31.9 Å². The molecule has 5 nitrogen and oxygen atoms in total. The maximum atomic E-state index is 6.82. The molecule has 3 heterocycles. The number of hydrogen-bond donors (Lipinski definition) is 0. The summed E-state index contributed by atoms with van der Waals surface area (Å²) in [6, 6.07) is 98.5. The molecule has 0 aliphatic heterocycles. The molecule has 416 valence electrons. The summed E-state index contributed by atoms with van der Waals surface area (Å²) in [5.41, 5.74) is 10.5. The second-order valence-electron chi connectivity index (χ2n) is 24.4. The molecule has 0 aliphatic carbocycles. The molecule has 0 saturated heterocycles. The van der Waals surface area contributed by atoms with Crippen molar-refractivity contribution < 1.29 is 30.4 Å². The van der Waals surface area contributed by atoms with E-state index in [0.717, 1.165) is 61.2 Å². The number of benzene rings is 10. The molecular weight excluding hydrogens is 1240 g/mol. The first-order valence-electron chi connectivity index (χ1n) is 28.8. The Balaban J connectivity index is 0.00000694. The summed E-state index contributed by atoms with van der Waals surface area (Å²) in [5.74, 6) is 2.00. The van der Waals surface area contributed by atoms with E-state index >= 15 is 0 Å². The van der Waals surface area contributed by atoms with Gasteiger partial charge in [-0.25, -0.2) is 4.98 Å². The maximum absolute atomic E-state index is 6.82. The first-order chi connectivity index (χ1) is 40.2. The van der Waals surface area contributed by atoms with Crippen LogP contribution in [0.25, 0.3) is 61.2 Å². The van der Waals surface area contributed by atoms with E-state index in [1.54, 1.807) is 0 Å². The molecule has 0 radical (unpaired) electrons. The summed E-state index contributed by atoms with van der Waals surface area (Å²) < 4.78 is 13.5. The molecule has 0 unspecified atom stereocenters. The molecule has 0 fully saturated rings. The van der Waals surface area contributed by atoms with Gasteiger partial charge < -0.3 is 13.9 Å². The number of nitrogens with zero attached hydrogens (tertiary/aromatic N) is 4. The molecule has 8 heteroatoms. The van der Waals surface area contributed by atoms with Crippen LogP contribution in [0.2, 0.25) is 13.1 Å². The summed E-state index contributed by atoms with van der Waals surface area (Å²) in [7, 11) is -5.43. The number of pyridine rings is 1. The molecule has 3 aromatic heterocycles. The number of rotatable bonds is 12. The van der Waals surface area contributed by atoms with Gasteiger partial charge in [0.25, 0.3) is 6.33 Å². The van der Waals surface area contributed by atoms with Gasteiger partial charge in [0.05, 0.1) is 16.7 Å². The van der Waals surface area contributed by atoms with Crippen molar-refractivity contribution in [3.8, 4) is 39.8 Å². The Kier molecular flexibility index (Phi) is 14.9. The smallest absolute Gasteiger partial charge is 0.268 e. The second kappa shape index (κ2) is 22.3. The van der Waals surface area contributed by atoms with Crippen molar-refractivity contribution in [3.05, 3.63) is 285 Å². The van der Waals surface area contributed by atoms with Crippen molar-refractivity contribution >= 4 is 80.1 Å². The summed E-state index contributed by atoms with van der Waals surface area (Å²) in [5, 5.41) is 10.2. The first-order valence-corrected chi connectivity index (χ1v) is 33.8. The molecule has 0 saturated carbocycles. The van der Waals surface area contributed by atoms with Crippen LogP contribution in [-0.2, 0) is 31.9 Å². The van der Waals surface area contributed by atoms with Gasteiger partial charge in [-0.1, -0.05) is 266 Å². The summed E-state index contributed by atoms with van der Waals surface area (Å²) in [6.45, 7) is 18.7. The van der Waals surface area contributed by atoms with Gasteiger partial charge >= 0.3 is 0 Å². The third-order valence-corrected chi connectivity index (χ3v) is 25.0. The number of fused-ring (bicyclic) bond motifs is 4. The minimum Gasteiger partial charge on any atom is -0.510 e. The van der Waals surface area contributed by atoms with Crippen molar-refractivity contribution in [2.45, 2.75) is 65.5 Å². The average Bonchev–Trinajstić information content (AvgIpc) is 1.39. The number of imidazole rings is 1. The zero-order valence-corrected chi connectivity index (χ0v) is 53.0. The molecule has 13 rings (SSSR count). The van der Waals surface area contributed by atoms with Crippen LogP contribution in [0.4, 0.5) is 0 Å². The standard InChI is InChI=1S/C76H66N4OSi2.Pt/c1-75(2,3)55-45-46-77-73(50-55)80-68-40-22-21-39-65(68)66-44-43-59(52-71(66)80)81-58-29-26-28-57(51-58)78-53-79(70-42-24-23-41-69(70)78)74-67(48-56(76(4,5)6)49-72(74)82(7,8)60-30-13-9-14-31-60)54-27-25-38-64(47-54)83(61-32-15-10-16-33-61,62-34-17-11-18-35-62)63-36-19-12-20-37-63;/h9-50H,1-8H3;/q-2;. The Morgan fingerprint density at radius 2 is 1.04 bits per heavy atom. The largest absolute Gasteiger partial charge is 0.510 e. The van der Waals surface area contributed by atoms with E-state index in [9.17, 15) is 0 Å². The third-order valence-electron chi connectivity index (χ3n) is 16.8. The Bertz CT molecular complexity index is 4430. The summed E-state index contributed by atoms with van der Waals surface area (Å²) >= 11 is 0. The quantitative estimate of drug-likeness (QED) is 0.0529. The van der Waals surface area contributed by atoms with Gasteiger partial charge in [0.15, 0.2) is 8.07 Å². The summed E-state index contributed by atoms with van der Waals surface area (Å²) in [4.78, 5) is 4.91. The summed E-state index contributed by atoms with van der Waals surface area (Å²) in [6.07, 6.45) is 5.92. The van der Waals surface area contributed by atoms with Crippen LogP contribution >= 0.6 is 0 Å². The minimum atomic E-state index is -2.91. The van der Waals surface area contributed by atoms with Crippen LogP contribution < -0.4 is 40.4 Å². The van der Waals surface area contributed by atoms with Crippen LogP contribution in [0, 0.1) is 18.5 Å². The van der Waals surface area contributed by atoms with Crippen LogP contribution in [0.1, 0.15) is 52.7 Å². The first kappa shape index (κ1) is 56.0. The van der Waals surface area contributed by atoms with Gasteiger partial charge in [0.2, 0.25) is 0 Å². The molecule has 0 atom stereocenters. The number of ether oxygens (including phenoxy) is 1. The van der Waals surface area contributed by atoms with E-state index < -0.39 is 16.1 Å². The molecule has 13 aromatic rings. The van der Waals surface area contributed by atoms with Gasteiger partial charge in [0.1, 0.15) is 13.9 Å². The molecule has 84 heavy (non-hydrogen) atoms. The monoisotopic (exact) mass is 1300 g/mol. The Morgan fingerprint density at radius 3 is 1.68 bits per heavy atom. The average molecular weight is 1300 g/mol. The molecular formula is C76H66N4OPtSi2-2. The van der Waals surface area contributed by atoms with E-state index in [0.29, 0.717) is 11.5 Å². The van der Waals surface area contributed by atoms with Gasteiger partial charge in [-0.05, 0) is 88.3 Å². The van der Waals surface area contributed by atoms with E-state index in [2.05, 4.69) is 317 Å². The Labute approximate surface area is 510 Å². The van der Waals surface area contributed by atoms with E-state index in [4.69, 9.17) is 9.72 Å². The molecule has 10 aromatic carbocycles. The van der Waals surface area contributed by atoms with Crippen LogP contribution in [0.15, 0.2) is 255 Å². The van der Waals surface area contributed by atoms with Crippen LogP contribution in [-0.4, -0.2) is 30.3 Å². The van der Waals surface area contributed by atoms with Gasteiger partial charge in [0, 0.05) is 44.3 Å². The fourth-order valence-corrected chi connectivity index (χ4v) is 19.8. The number of hydrogen-bond acceptors (Lipinski definition) is 2.